The first kappa shape index (κ1) is 21.6. The van der Waals surface area contributed by atoms with Gasteiger partial charge in [0.1, 0.15) is 11.5 Å². The maximum absolute atomic E-state index is 6.56. The average molecular weight is 389 g/mol. The first-order chi connectivity index (χ1) is 12.9. The number of alkyl halides is 1. The minimum absolute atomic E-state index is 0.150. The number of ether oxygens (including phenoxy) is 2. The molecule has 0 spiro atoms. The molecule has 0 unspecified atom stereocenters. The van der Waals surface area contributed by atoms with Gasteiger partial charge in [-0.2, -0.15) is 0 Å². The van der Waals surface area contributed by atoms with Crippen LogP contribution in [-0.2, 0) is 12.8 Å². The molecule has 148 valence electrons. The van der Waals surface area contributed by atoms with Crippen molar-refractivity contribution in [2.45, 2.75) is 60.3 Å². The van der Waals surface area contributed by atoms with Crippen molar-refractivity contribution >= 4 is 11.6 Å². The predicted molar refractivity (Wildman–Crippen MR) is 116 cm³/mol. The van der Waals surface area contributed by atoms with E-state index in [1.54, 1.807) is 14.2 Å². The highest BCUT2D eigenvalue weighted by atomic mass is 35.5. The van der Waals surface area contributed by atoms with E-state index in [2.05, 4.69) is 53.7 Å². The summed E-state index contributed by atoms with van der Waals surface area (Å²) in [5.74, 6) is 2.70. The SMILES string of the molecule is CCc1c(C)c(C(CCl)c2cc(C)c(OC)c(CC)c2C)cc(C)c1OC. The van der Waals surface area contributed by atoms with Crippen molar-refractivity contribution in [2.24, 2.45) is 0 Å². The molecule has 2 nitrogen and oxygen atoms in total. The van der Waals surface area contributed by atoms with Crippen LogP contribution in [0.25, 0.3) is 0 Å². The molecule has 0 saturated carbocycles. The van der Waals surface area contributed by atoms with Gasteiger partial charge in [0.15, 0.2) is 0 Å². The Labute approximate surface area is 169 Å². The lowest BCUT2D eigenvalue weighted by Gasteiger charge is -2.26. The van der Waals surface area contributed by atoms with Crippen LogP contribution >= 0.6 is 11.6 Å². The Morgan fingerprint density at radius 3 is 1.41 bits per heavy atom. The van der Waals surface area contributed by atoms with Crippen LogP contribution in [0.1, 0.15) is 64.3 Å². The van der Waals surface area contributed by atoms with E-state index < -0.39 is 0 Å². The number of benzene rings is 2. The van der Waals surface area contributed by atoms with Gasteiger partial charge in [-0.15, -0.1) is 11.6 Å². The van der Waals surface area contributed by atoms with Crippen LogP contribution in [-0.4, -0.2) is 20.1 Å². The molecule has 3 heteroatoms. The lowest BCUT2D eigenvalue weighted by Crippen LogP contribution is -2.12. The largest absolute Gasteiger partial charge is 0.496 e. The second-order valence-corrected chi connectivity index (χ2v) is 7.56. The monoisotopic (exact) mass is 388 g/mol. The number of hydrogen-bond donors (Lipinski definition) is 0. The molecule has 2 aromatic carbocycles. The molecule has 0 aliphatic carbocycles. The molecule has 0 saturated heterocycles. The van der Waals surface area contributed by atoms with Gasteiger partial charge in [0.2, 0.25) is 0 Å². The number of rotatable bonds is 7. The summed E-state index contributed by atoms with van der Waals surface area (Å²) in [6, 6.07) is 4.51. The van der Waals surface area contributed by atoms with E-state index >= 15 is 0 Å². The van der Waals surface area contributed by atoms with Gasteiger partial charge in [-0.1, -0.05) is 26.0 Å². The Bertz CT molecular complexity index is 757. The molecule has 0 heterocycles. The quantitative estimate of drug-likeness (QED) is 0.508. The van der Waals surface area contributed by atoms with Crippen molar-refractivity contribution in [3.63, 3.8) is 0 Å². The summed E-state index contributed by atoms with van der Waals surface area (Å²) in [7, 11) is 3.51. The predicted octanol–water partition coefficient (Wildman–Crippen LogP) is 6.43. The smallest absolute Gasteiger partial charge is 0.125 e. The molecule has 0 aliphatic rings. The van der Waals surface area contributed by atoms with Gasteiger partial charge in [-0.25, -0.2) is 0 Å². The van der Waals surface area contributed by atoms with Crippen LogP contribution in [0.15, 0.2) is 12.1 Å². The van der Waals surface area contributed by atoms with E-state index in [0.29, 0.717) is 5.88 Å². The highest BCUT2D eigenvalue weighted by Gasteiger charge is 2.24. The Hall–Kier alpha value is -1.67. The number of methoxy groups -OCH3 is 2. The molecule has 27 heavy (non-hydrogen) atoms. The van der Waals surface area contributed by atoms with Crippen LogP contribution in [0, 0.1) is 27.7 Å². The minimum Gasteiger partial charge on any atom is -0.496 e. The van der Waals surface area contributed by atoms with Crippen LogP contribution in [0.2, 0.25) is 0 Å². The third kappa shape index (κ3) is 3.82. The van der Waals surface area contributed by atoms with E-state index in [4.69, 9.17) is 21.1 Å². The van der Waals surface area contributed by atoms with Gasteiger partial charge < -0.3 is 9.47 Å². The van der Waals surface area contributed by atoms with E-state index in [9.17, 15) is 0 Å². The fraction of sp³-hybridized carbons (Fsp3) is 0.500. The van der Waals surface area contributed by atoms with E-state index in [1.807, 2.05) is 0 Å². The van der Waals surface area contributed by atoms with Crippen molar-refractivity contribution in [1.82, 2.24) is 0 Å². The van der Waals surface area contributed by atoms with Crippen molar-refractivity contribution in [2.75, 3.05) is 20.1 Å². The Morgan fingerprint density at radius 2 is 1.15 bits per heavy atom. The minimum atomic E-state index is 0.150. The highest BCUT2D eigenvalue weighted by molar-refractivity contribution is 6.18. The molecule has 2 aromatic rings. The summed E-state index contributed by atoms with van der Waals surface area (Å²) in [5, 5.41) is 0. The van der Waals surface area contributed by atoms with Gasteiger partial charge in [-0.3, -0.25) is 0 Å². The van der Waals surface area contributed by atoms with Crippen LogP contribution < -0.4 is 9.47 Å². The third-order valence-electron chi connectivity index (χ3n) is 5.80. The molecule has 0 amide bonds. The summed E-state index contributed by atoms with van der Waals surface area (Å²) in [6.45, 7) is 13.0. The van der Waals surface area contributed by atoms with Gasteiger partial charge in [0, 0.05) is 11.8 Å². The summed E-state index contributed by atoms with van der Waals surface area (Å²) >= 11 is 6.56. The standard InChI is InChI=1S/C24H33ClO2/c1-9-18-16(5)20(11-14(3)23(18)26-7)22(13-25)21-12-15(4)24(27-8)19(10-2)17(21)6/h11-12,22H,9-10,13H2,1-8H3. The second-order valence-electron chi connectivity index (χ2n) is 7.25. The summed E-state index contributed by atoms with van der Waals surface area (Å²) in [5.41, 5.74) is 10.1. The van der Waals surface area contributed by atoms with Crippen LogP contribution in [0.5, 0.6) is 11.5 Å². The zero-order valence-electron chi connectivity index (χ0n) is 18.0. The van der Waals surface area contributed by atoms with Crippen molar-refractivity contribution in [1.29, 1.82) is 0 Å². The van der Waals surface area contributed by atoms with Gasteiger partial charge >= 0.3 is 0 Å². The van der Waals surface area contributed by atoms with Gasteiger partial charge in [0.25, 0.3) is 0 Å². The molecule has 0 N–H and O–H groups in total. The van der Waals surface area contributed by atoms with E-state index in [1.165, 1.54) is 44.5 Å². The third-order valence-corrected chi connectivity index (χ3v) is 6.11. The molecule has 0 atom stereocenters. The van der Waals surface area contributed by atoms with Crippen molar-refractivity contribution < 1.29 is 9.47 Å². The Balaban J connectivity index is 2.76. The molecule has 0 aromatic heterocycles. The maximum Gasteiger partial charge on any atom is 0.125 e. The summed E-state index contributed by atoms with van der Waals surface area (Å²) in [4.78, 5) is 0. The second kappa shape index (κ2) is 9.01. The van der Waals surface area contributed by atoms with Crippen LogP contribution in [0.4, 0.5) is 0 Å². The molecule has 0 aliphatic heterocycles. The molecule has 0 bridgehead atoms. The number of aryl methyl sites for hydroxylation is 2. The number of hydrogen-bond acceptors (Lipinski definition) is 2. The lowest BCUT2D eigenvalue weighted by atomic mass is 9.82. The van der Waals surface area contributed by atoms with E-state index in [-0.39, 0.29) is 5.92 Å². The summed E-state index contributed by atoms with van der Waals surface area (Å²) < 4.78 is 11.4. The lowest BCUT2D eigenvalue weighted by molar-refractivity contribution is 0.406. The zero-order chi connectivity index (χ0) is 20.3. The van der Waals surface area contributed by atoms with Crippen molar-refractivity contribution in [3.05, 3.63) is 56.6 Å². The van der Waals surface area contributed by atoms with Crippen LogP contribution in [0.3, 0.4) is 0 Å². The average Bonchev–Trinajstić information content (AvgIpc) is 2.66. The molecular formula is C24H33ClO2. The first-order valence-electron chi connectivity index (χ1n) is 9.75. The topological polar surface area (TPSA) is 18.5 Å². The van der Waals surface area contributed by atoms with Gasteiger partial charge in [-0.05, 0) is 85.0 Å². The fourth-order valence-electron chi connectivity index (χ4n) is 4.46. The highest BCUT2D eigenvalue weighted by Crippen LogP contribution is 2.40. The molecule has 0 fully saturated rings. The zero-order valence-corrected chi connectivity index (χ0v) is 18.8. The van der Waals surface area contributed by atoms with E-state index in [0.717, 1.165) is 24.3 Å². The Morgan fingerprint density at radius 1 is 0.778 bits per heavy atom. The molecular weight excluding hydrogens is 356 g/mol. The number of halogens is 1. The maximum atomic E-state index is 6.56. The molecule has 2 rings (SSSR count). The van der Waals surface area contributed by atoms with Crippen molar-refractivity contribution in [3.8, 4) is 11.5 Å². The Kier molecular flexibility index (Phi) is 7.22. The first-order valence-corrected chi connectivity index (χ1v) is 10.3. The molecule has 0 radical (unpaired) electrons. The summed E-state index contributed by atoms with van der Waals surface area (Å²) in [6.07, 6.45) is 1.89. The normalized spacial score (nSPS) is 11.2. The fourth-order valence-corrected chi connectivity index (χ4v) is 4.79. The van der Waals surface area contributed by atoms with Gasteiger partial charge in [0.05, 0.1) is 14.2 Å².